The zero-order chi connectivity index (χ0) is 8.43. The standard InChI is InChI=1S/C7H7BrO3/c1-11-4-2-5(9)7(8)6(10)3-4/h2-3,9-10H,1H3. The maximum atomic E-state index is 9.13. The van der Waals surface area contributed by atoms with Crippen LogP contribution in [0.4, 0.5) is 0 Å². The van der Waals surface area contributed by atoms with E-state index in [1.807, 2.05) is 0 Å². The van der Waals surface area contributed by atoms with Gasteiger partial charge in [-0.3, -0.25) is 0 Å². The SMILES string of the molecule is COc1cc(O)c(Br)c(O)c1. The van der Waals surface area contributed by atoms with Gasteiger partial charge in [-0.2, -0.15) is 0 Å². The summed E-state index contributed by atoms with van der Waals surface area (Å²) in [6.45, 7) is 0. The second-order valence-corrected chi connectivity index (χ2v) is 2.77. The molecule has 1 rings (SSSR count). The van der Waals surface area contributed by atoms with E-state index in [1.54, 1.807) is 0 Å². The summed E-state index contributed by atoms with van der Waals surface area (Å²) in [6, 6.07) is 2.81. The molecule has 0 saturated carbocycles. The van der Waals surface area contributed by atoms with E-state index in [9.17, 15) is 0 Å². The summed E-state index contributed by atoms with van der Waals surface area (Å²) in [4.78, 5) is 0. The number of hydrogen-bond donors (Lipinski definition) is 2. The minimum Gasteiger partial charge on any atom is -0.506 e. The minimum atomic E-state index is -0.0400. The molecule has 0 heterocycles. The highest BCUT2D eigenvalue weighted by Gasteiger charge is 2.05. The van der Waals surface area contributed by atoms with Crippen LogP contribution in [0.25, 0.3) is 0 Å². The molecule has 0 fully saturated rings. The molecular weight excluding hydrogens is 212 g/mol. The molecule has 0 aliphatic rings. The second kappa shape index (κ2) is 3.00. The lowest BCUT2D eigenvalue weighted by molar-refractivity contribution is 0.396. The summed E-state index contributed by atoms with van der Waals surface area (Å²) in [5.41, 5.74) is 0. The fourth-order valence-corrected chi connectivity index (χ4v) is 0.916. The number of methoxy groups -OCH3 is 1. The molecule has 0 aliphatic heterocycles. The van der Waals surface area contributed by atoms with Crippen LogP contribution in [0.2, 0.25) is 0 Å². The minimum absolute atomic E-state index is 0.0400. The molecule has 3 nitrogen and oxygen atoms in total. The Kier molecular flexibility index (Phi) is 2.24. The van der Waals surface area contributed by atoms with Crippen molar-refractivity contribution < 1.29 is 14.9 Å². The molecule has 0 radical (unpaired) electrons. The van der Waals surface area contributed by atoms with Crippen molar-refractivity contribution in [1.82, 2.24) is 0 Å². The van der Waals surface area contributed by atoms with Gasteiger partial charge in [0.05, 0.1) is 7.11 Å². The van der Waals surface area contributed by atoms with Gasteiger partial charge >= 0.3 is 0 Å². The third-order valence-corrected chi connectivity index (χ3v) is 2.06. The number of benzene rings is 1. The number of aromatic hydroxyl groups is 2. The zero-order valence-corrected chi connectivity index (χ0v) is 7.42. The number of ether oxygens (including phenoxy) is 1. The van der Waals surface area contributed by atoms with Gasteiger partial charge in [0.15, 0.2) is 0 Å². The van der Waals surface area contributed by atoms with Gasteiger partial charge in [-0.1, -0.05) is 0 Å². The molecule has 1 aromatic carbocycles. The van der Waals surface area contributed by atoms with E-state index in [1.165, 1.54) is 19.2 Å². The lowest BCUT2D eigenvalue weighted by Gasteiger charge is -2.03. The molecule has 2 N–H and O–H groups in total. The molecule has 0 unspecified atom stereocenters. The fourth-order valence-electron chi connectivity index (χ4n) is 0.687. The van der Waals surface area contributed by atoms with Crippen molar-refractivity contribution >= 4 is 15.9 Å². The van der Waals surface area contributed by atoms with Crippen LogP contribution in [-0.4, -0.2) is 17.3 Å². The predicted octanol–water partition coefficient (Wildman–Crippen LogP) is 1.87. The molecule has 0 spiro atoms. The molecule has 0 atom stereocenters. The first-order chi connectivity index (χ1) is 5.15. The third kappa shape index (κ3) is 1.57. The molecule has 4 heteroatoms. The third-order valence-electron chi connectivity index (χ3n) is 1.24. The Labute approximate surface area is 72.4 Å². The van der Waals surface area contributed by atoms with E-state index in [2.05, 4.69) is 15.9 Å². The summed E-state index contributed by atoms with van der Waals surface area (Å²) in [5.74, 6) is 0.340. The van der Waals surface area contributed by atoms with Crippen LogP contribution in [-0.2, 0) is 0 Å². The maximum absolute atomic E-state index is 9.13. The van der Waals surface area contributed by atoms with Crippen LogP contribution in [0.15, 0.2) is 16.6 Å². The Hall–Kier alpha value is -0.900. The van der Waals surface area contributed by atoms with Crippen LogP contribution in [0.5, 0.6) is 17.2 Å². The van der Waals surface area contributed by atoms with Crippen molar-refractivity contribution in [2.24, 2.45) is 0 Å². The van der Waals surface area contributed by atoms with Gasteiger partial charge in [-0.05, 0) is 15.9 Å². The fraction of sp³-hybridized carbons (Fsp3) is 0.143. The van der Waals surface area contributed by atoms with Crippen molar-refractivity contribution in [3.05, 3.63) is 16.6 Å². The lowest BCUT2D eigenvalue weighted by atomic mass is 10.3. The molecule has 11 heavy (non-hydrogen) atoms. The average molecular weight is 219 g/mol. The van der Waals surface area contributed by atoms with Gasteiger partial charge in [0.2, 0.25) is 0 Å². The Morgan fingerprint density at radius 1 is 1.27 bits per heavy atom. The quantitative estimate of drug-likeness (QED) is 0.757. The normalized spacial score (nSPS) is 9.64. The first-order valence-corrected chi connectivity index (χ1v) is 3.70. The van der Waals surface area contributed by atoms with Crippen LogP contribution in [0, 0.1) is 0 Å². The van der Waals surface area contributed by atoms with E-state index < -0.39 is 0 Å². The van der Waals surface area contributed by atoms with Gasteiger partial charge in [-0.25, -0.2) is 0 Å². The number of hydrogen-bond acceptors (Lipinski definition) is 3. The molecule has 0 saturated heterocycles. The van der Waals surface area contributed by atoms with Gasteiger partial charge < -0.3 is 14.9 Å². The molecular formula is C7H7BrO3. The topological polar surface area (TPSA) is 49.7 Å². The Bertz CT molecular complexity index is 249. The molecule has 0 amide bonds. The Morgan fingerprint density at radius 3 is 2.09 bits per heavy atom. The molecule has 0 aromatic heterocycles. The van der Waals surface area contributed by atoms with Crippen LogP contribution in [0.3, 0.4) is 0 Å². The summed E-state index contributed by atoms with van der Waals surface area (Å²) < 4.78 is 5.07. The highest BCUT2D eigenvalue weighted by Crippen LogP contribution is 2.36. The van der Waals surface area contributed by atoms with E-state index >= 15 is 0 Å². The highest BCUT2D eigenvalue weighted by atomic mass is 79.9. The highest BCUT2D eigenvalue weighted by molar-refractivity contribution is 9.10. The van der Waals surface area contributed by atoms with E-state index in [0.717, 1.165) is 0 Å². The second-order valence-electron chi connectivity index (χ2n) is 1.98. The Morgan fingerprint density at radius 2 is 1.73 bits per heavy atom. The average Bonchev–Trinajstić information content (AvgIpc) is 1.99. The lowest BCUT2D eigenvalue weighted by Crippen LogP contribution is -1.82. The van der Waals surface area contributed by atoms with Gasteiger partial charge in [-0.15, -0.1) is 0 Å². The van der Waals surface area contributed by atoms with E-state index in [-0.39, 0.29) is 16.0 Å². The van der Waals surface area contributed by atoms with E-state index in [4.69, 9.17) is 14.9 Å². The number of rotatable bonds is 1. The van der Waals surface area contributed by atoms with Crippen molar-refractivity contribution in [3.63, 3.8) is 0 Å². The number of halogens is 1. The predicted molar refractivity (Wildman–Crippen MR) is 44.0 cm³/mol. The van der Waals surface area contributed by atoms with Crippen LogP contribution < -0.4 is 4.74 Å². The first kappa shape index (κ1) is 8.20. The van der Waals surface area contributed by atoms with Crippen molar-refractivity contribution in [2.75, 3.05) is 7.11 Å². The monoisotopic (exact) mass is 218 g/mol. The van der Waals surface area contributed by atoms with E-state index in [0.29, 0.717) is 5.75 Å². The summed E-state index contributed by atoms with van der Waals surface area (Å²) in [5, 5.41) is 18.3. The van der Waals surface area contributed by atoms with Crippen molar-refractivity contribution in [3.8, 4) is 17.2 Å². The summed E-state index contributed by atoms with van der Waals surface area (Å²) in [6.07, 6.45) is 0. The van der Waals surface area contributed by atoms with Crippen molar-refractivity contribution in [2.45, 2.75) is 0 Å². The Balaban J connectivity index is 3.21. The molecule has 60 valence electrons. The van der Waals surface area contributed by atoms with Crippen LogP contribution in [0.1, 0.15) is 0 Å². The maximum Gasteiger partial charge on any atom is 0.137 e. The largest absolute Gasteiger partial charge is 0.506 e. The number of phenolic OH excluding ortho intramolecular Hbond substituents is 2. The smallest absolute Gasteiger partial charge is 0.137 e. The summed E-state index contributed by atoms with van der Waals surface area (Å²) in [7, 11) is 1.46. The van der Waals surface area contributed by atoms with Gasteiger partial charge in [0.1, 0.15) is 21.7 Å². The van der Waals surface area contributed by atoms with Crippen molar-refractivity contribution in [1.29, 1.82) is 0 Å². The van der Waals surface area contributed by atoms with Gasteiger partial charge in [0.25, 0.3) is 0 Å². The van der Waals surface area contributed by atoms with Gasteiger partial charge in [0, 0.05) is 12.1 Å². The molecule has 1 aromatic rings. The molecule has 0 aliphatic carbocycles. The zero-order valence-electron chi connectivity index (χ0n) is 5.84. The van der Waals surface area contributed by atoms with Crippen LogP contribution >= 0.6 is 15.9 Å². The summed E-state index contributed by atoms with van der Waals surface area (Å²) >= 11 is 2.99. The number of phenols is 2. The molecule has 0 bridgehead atoms. The first-order valence-electron chi connectivity index (χ1n) is 2.90.